The number of aromatic nitrogens is 2. The third-order valence-corrected chi connectivity index (χ3v) is 2.48. The number of nitrogens with two attached hydrogens (primary N) is 1. The summed E-state index contributed by atoms with van der Waals surface area (Å²) < 4.78 is 5.05. The standard InChI is InChI=1S/C12H11ClN4O2/c1-19-8-4-2-3-7(5-8)11(18)16-10-6-9(13)15-12(14)17-10/h2-6H,1H3,(H3,14,15,16,17,18). The number of ether oxygens (including phenoxy) is 1. The number of anilines is 2. The molecule has 98 valence electrons. The molecule has 0 aliphatic carbocycles. The number of methoxy groups -OCH3 is 1. The summed E-state index contributed by atoms with van der Waals surface area (Å²) in [5.41, 5.74) is 5.88. The normalized spacial score (nSPS) is 10.0. The van der Waals surface area contributed by atoms with Gasteiger partial charge in [0.05, 0.1) is 7.11 Å². The second kappa shape index (κ2) is 5.53. The van der Waals surface area contributed by atoms with Gasteiger partial charge in [0.1, 0.15) is 16.7 Å². The highest BCUT2D eigenvalue weighted by atomic mass is 35.5. The summed E-state index contributed by atoms with van der Waals surface area (Å²) in [5.74, 6) is 0.486. The van der Waals surface area contributed by atoms with Crippen molar-refractivity contribution in [3.05, 3.63) is 41.0 Å². The summed E-state index contributed by atoms with van der Waals surface area (Å²) in [7, 11) is 1.53. The maximum absolute atomic E-state index is 12.0. The Morgan fingerprint density at radius 2 is 2.16 bits per heavy atom. The van der Waals surface area contributed by atoms with Crippen LogP contribution in [0.4, 0.5) is 11.8 Å². The predicted molar refractivity (Wildman–Crippen MR) is 72.4 cm³/mol. The maximum atomic E-state index is 12.0. The smallest absolute Gasteiger partial charge is 0.256 e. The number of carbonyl (C=O) groups is 1. The fourth-order valence-electron chi connectivity index (χ4n) is 1.45. The molecule has 1 heterocycles. The van der Waals surface area contributed by atoms with Crippen LogP contribution in [0, 0.1) is 0 Å². The first-order chi connectivity index (χ1) is 9.08. The van der Waals surface area contributed by atoms with Gasteiger partial charge in [0.2, 0.25) is 5.95 Å². The van der Waals surface area contributed by atoms with E-state index in [0.717, 1.165) is 0 Å². The van der Waals surface area contributed by atoms with E-state index < -0.39 is 0 Å². The first kappa shape index (κ1) is 13.1. The number of nitrogens with one attached hydrogen (secondary N) is 1. The van der Waals surface area contributed by atoms with Gasteiger partial charge in [0.15, 0.2) is 0 Å². The molecule has 0 atom stereocenters. The van der Waals surface area contributed by atoms with Crippen LogP contribution in [0.25, 0.3) is 0 Å². The topological polar surface area (TPSA) is 90.1 Å². The molecule has 0 aliphatic heterocycles. The van der Waals surface area contributed by atoms with Crippen molar-refractivity contribution >= 4 is 29.3 Å². The number of hydrogen-bond donors (Lipinski definition) is 2. The Morgan fingerprint density at radius 3 is 2.84 bits per heavy atom. The Morgan fingerprint density at radius 1 is 1.37 bits per heavy atom. The van der Waals surface area contributed by atoms with E-state index in [-0.39, 0.29) is 22.8 Å². The number of hydrogen-bond acceptors (Lipinski definition) is 5. The summed E-state index contributed by atoms with van der Waals surface area (Å²) in [4.78, 5) is 19.6. The third-order valence-electron chi connectivity index (χ3n) is 2.29. The van der Waals surface area contributed by atoms with Crippen LogP contribution in [-0.4, -0.2) is 23.0 Å². The first-order valence-corrected chi connectivity index (χ1v) is 5.72. The van der Waals surface area contributed by atoms with Crippen LogP contribution in [0.5, 0.6) is 5.75 Å². The molecule has 0 saturated carbocycles. The largest absolute Gasteiger partial charge is 0.497 e. The molecule has 0 unspecified atom stereocenters. The molecule has 2 rings (SSSR count). The molecule has 0 spiro atoms. The summed E-state index contributed by atoms with van der Waals surface area (Å²) in [6.07, 6.45) is 0. The average molecular weight is 279 g/mol. The van der Waals surface area contributed by atoms with Crippen molar-refractivity contribution in [3.8, 4) is 5.75 Å². The van der Waals surface area contributed by atoms with Crippen LogP contribution in [0.2, 0.25) is 5.15 Å². The Bertz CT molecular complexity index is 598. The molecule has 3 N–H and O–H groups in total. The van der Waals surface area contributed by atoms with Gasteiger partial charge >= 0.3 is 0 Å². The van der Waals surface area contributed by atoms with Crippen molar-refractivity contribution < 1.29 is 9.53 Å². The van der Waals surface area contributed by atoms with Crippen LogP contribution >= 0.6 is 11.6 Å². The van der Waals surface area contributed by atoms with E-state index >= 15 is 0 Å². The van der Waals surface area contributed by atoms with Crippen LogP contribution in [-0.2, 0) is 0 Å². The molecule has 7 heteroatoms. The molecule has 6 nitrogen and oxygen atoms in total. The van der Waals surface area contributed by atoms with Gasteiger partial charge in [-0.25, -0.2) is 4.98 Å². The van der Waals surface area contributed by atoms with Crippen molar-refractivity contribution in [2.45, 2.75) is 0 Å². The van der Waals surface area contributed by atoms with Gasteiger partial charge in [-0.05, 0) is 18.2 Å². The predicted octanol–water partition coefficient (Wildman–Crippen LogP) is 1.97. The van der Waals surface area contributed by atoms with Gasteiger partial charge in [0, 0.05) is 11.6 Å². The molecular weight excluding hydrogens is 268 g/mol. The minimum Gasteiger partial charge on any atom is -0.497 e. The number of halogens is 1. The highest BCUT2D eigenvalue weighted by Gasteiger charge is 2.09. The number of nitrogens with zero attached hydrogens (tertiary/aromatic N) is 2. The fourth-order valence-corrected chi connectivity index (χ4v) is 1.64. The van der Waals surface area contributed by atoms with Crippen LogP contribution in [0.15, 0.2) is 30.3 Å². The van der Waals surface area contributed by atoms with Gasteiger partial charge < -0.3 is 15.8 Å². The molecule has 0 radical (unpaired) electrons. The van der Waals surface area contributed by atoms with Gasteiger partial charge in [-0.3, -0.25) is 4.79 Å². The van der Waals surface area contributed by atoms with Crippen molar-refractivity contribution in [1.29, 1.82) is 0 Å². The molecule has 1 amide bonds. The zero-order valence-electron chi connectivity index (χ0n) is 10.1. The Hall–Kier alpha value is -2.34. The minimum absolute atomic E-state index is 0.00607. The van der Waals surface area contributed by atoms with Gasteiger partial charge in [-0.1, -0.05) is 17.7 Å². The van der Waals surface area contributed by atoms with Crippen molar-refractivity contribution in [2.24, 2.45) is 0 Å². The molecule has 0 fully saturated rings. The third kappa shape index (κ3) is 3.32. The molecule has 0 bridgehead atoms. The second-order valence-electron chi connectivity index (χ2n) is 3.62. The molecule has 0 saturated heterocycles. The molecule has 0 aliphatic rings. The monoisotopic (exact) mass is 278 g/mol. The van der Waals surface area contributed by atoms with E-state index in [1.54, 1.807) is 24.3 Å². The average Bonchev–Trinajstić information content (AvgIpc) is 2.37. The molecule has 1 aromatic heterocycles. The van der Waals surface area contributed by atoms with Crippen molar-refractivity contribution in [3.63, 3.8) is 0 Å². The number of nitrogen functional groups attached to an aromatic ring is 1. The summed E-state index contributed by atoms with van der Waals surface area (Å²) in [6, 6.07) is 8.15. The summed E-state index contributed by atoms with van der Waals surface area (Å²) in [6.45, 7) is 0. The number of benzene rings is 1. The molecule has 1 aromatic carbocycles. The van der Waals surface area contributed by atoms with Gasteiger partial charge in [-0.15, -0.1) is 0 Å². The number of amides is 1. The first-order valence-electron chi connectivity index (χ1n) is 5.34. The highest BCUT2D eigenvalue weighted by molar-refractivity contribution is 6.29. The Kier molecular flexibility index (Phi) is 3.82. The Balaban J connectivity index is 2.20. The van der Waals surface area contributed by atoms with E-state index in [2.05, 4.69) is 15.3 Å². The van der Waals surface area contributed by atoms with Crippen molar-refractivity contribution in [1.82, 2.24) is 9.97 Å². The molecular formula is C12H11ClN4O2. The lowest BCUT2D eigenvalue weighted by molar-refractivity contribution is 0.102. The van der Waals surface area contributed by atoms with Gasteiger partial charge in [0.25, 0.3) is 5.91 Å². The van der Waals surface area contributed by atoms with Crippen LogP contribution in [0.3, 0.4) is 0 Å². The maximum Gasteiger partial charge on any atom is 0.256 e. The lowest BCUT2D eigenvalue weighted by Gasteiger charge is -2.06. The number of rotatable bonds is 3. The van der Waals surface area contributed by atoms with E-state index in [1.165, 1.54) is 13.2 Å². The van der Waals surface area contributed by atoms with Crippen LogP contribution in [0.1, 0.15) is 10.4 Å². The van der Waals surface area contributed by atoms with E-state index in [4.69, 9.17) is 22.1 Å². The quantitative estimate of drug-likeness (QED) is 0.838. The van der Waals surface area contributed by atoms with E-state index in [0.29, 0.717) is 11.3 Å². The molecule has 19 heavy (non-hydrogen) atoms. The molecule has 2 aromatic rings. The van der Waals surface area contributed by atoms with Crippen molar-refractivity contribution in [2.75, 3.05) is 18.2 Å². The second-order valence-corrected chi connectivity index (χ2v) is 4.01. The van der Waals surface area contributed by atoms with E-state index in [1.807, 2.05) is 0 Å². The summed E-state index contributed by atoms with van der Waals surface area (Å²) >= 11 is 5.72. The minimum atomic E-state index is -0.340. The SMILES string of the molecule is COc1cccc(C(=O)Nc2cc(Cl)nc(N)n2)c1. The van der Waals surface area contributed by atoms with Gasteiger partial charge in [-0.2, -0.15) is 4.98 Å². The fraction of sp³-hybridized carbons (Fsp3) is 0.0833. The van der Waals surface area contributed by atoms with E-state index in [9.17, 15) is 4.79 Å². The number of carbonyl (C=O) groups excluding carboxylic acids is 1. The lowest BCUT2D eigenvalue weighted by atomic mass is 10.2. The summed E-state index contributed by atoms with van der Waals surface area (Å²) in [5, 5.41) is 2.74. The zero-order valence-corrected chi connectivity index (χ0v) is 10.8. The lowest BCUT2D eigenvalue weighted by Crippen LogP contribution is -2.14. The zero-order chi connectivity index (χ0) is 13.8. The van der Waals surface area contributed by atoms with Crippen LogP contribution < -0.4 is 15.8 Å². The Labute approximate surface area is 114 Å². The highest BCUT2D eigenvalue weighted by Crippen LogP contribution is 2.16.